The van der Waals surface area contributed by atoms with E-state index in [2.05, 4.69) is 15.1 Å². The van der Waals surface area contributed by atoms with Gasteiger partial charge in [-0.15, -0.1) is 0 Å². The Morgan fingerprint density at radius 1 is 1.00 bits per heavy atom. The Labute approximate surface area is 168 Å². The van der Waals surface area contributed by atoms with E-state index in [4.69, 9.17) is 22.4 Å². The van der Waals surface area contributed by atoms with Gasteiger partial charge in [-0.1, -0.05) is 23.7 Å². The molecule has 29 heavy (non-hydrogen) atoms. The highest BCUT2D eigenvalue weighted by Crippen LogP contribution is 2.31. The van der Waals surface area contributed by atoms with Gasteiger partial charge in [-0.2, -0.15) is 18.6 Å². The zero-order chi connectivity index (χ0) is 20.6. The SMILES string of the molecule is N=C(n1nc(-c2ccnc(Cl)c2)ccc1=N)C(F)(F)c1ccc2ncccc2c1. The largest absolute Gasteiger partial charge is 0.331 e. The lowest BCUT2D eigenvalue weighted by Crippen LogP contribution is -2.39. The Bertz CT molecular complexity index is 1300. The third-order valence-corrected chi connectivity index (χ3v) is 4.54. The fourth-order valence-corrected chi connectivity index (χ4v) is 3.02. The van der Waals surface area contributed by atoms with Gasteiger partial charge < -0.3 is 0 Å². The van der Waals surface area contributed by atoms with Crippen molar-refractivity contribution in [1.82, 2.24) is 19.7 Å². The minimum Gasteiger partial charge on any atom is -0.283 e. The monoisotopic (exact) mass is 410 g/mol. The average molecular weight is 411 g/mol. The van der Waals surface area contributed by atoms with Crippen molar-refractivity contribution < 1.29 is 8.78 Å². The molecule has 3 aromatic heterocycles. The van der Waals surface area contributed by atoms with Gasteiger partial charge in [0.15, 0.2) is 5.84 Å². The van der Waals surface area contributed by atoms with Crippen LogP contribution in [0.2, 0.25) is 5.15 Å². The van der Waals surface area contributed by atoms with Crippen LogP contribution in [0, 0.1) is 10.8 Å². The van der Waals surface area contributed by atoms with Gasteiger partial charge in [0.25, 0.3) is 0 Å². The molecule has 0 radical (unpaired) electrons. The molecule has 3 heterocycles. The summed E-state index contributed by atoms with van der Waals surface area (Å²) in [5.41, 5.74) is 0.664. The number of halogens is 3. The standard InChI is InChI=1S/C20H13ClF2N6/c21-17-11-13(7-9-27-17)16-5-6-18(24)29(28-16)19(25)20(22,23)14-3-4-15-12(10-14)2-1-8-26-15/h1-11,24-25H. The summed E-state index contributed by atoms with van der Waals surface area (Å²) >= 11 is 5.88. The van der Waals surface area contributed by atoms with E-state index in [0.717, 1.165) is 0 Å². The minimum absolute atomic E-state index is 0.218. The zero-order valence-corrected chi connectivity index (χ0v) is 15.5. The number of rotatable bonds is 3. The second kappa shape index (κ2) is 7.14. The Morgan fingerprint density at radius 3 is 2.62 bits per heavy atom. The highest BCUT2D eigenvalue weighted by atomic mass is 35.5. The van der Waals surface area contributed by atoms with Crippen LogP contribution >= 0.6 is 11.6 Å². The molecule has 4 aromatic rings. The van der Waals surface area contributed by atoms with E-state index in [1.165, 1.54) is 42.6 Å². The smallest absolute Gasteiger partial charge is 0.283 e. The number of benzene rings is 1. The quantitative estimate of drug-likeness (QED) is 0.300. The molecule has 0 aliphatic heterocycles. The van der Waals surface area contributed by atoms with Gasteiger partial charge in [0.1, 0.15) is 10.6 Å². The number of hydrogen-bond donors (Lipinski definition) is 2. The molecule has 0 saturated heterocycles. The molecule has 0 aliphatic rings. The van der Waals surface area contributed by atoms with E-state index >= 15 is 8.78 Å². The molecule has 0 bridgehead atoms. The van der Waals surface area contributed by atoms with Gasteiger partial charge in [0.2, 0.25) is 0 Å². The van der Waals surface area contributed by atoms with E-state index in [9.17, 15) is 0 Å². The summed E-state index contributed by atoms with van der Waals surface area (Å²) in [5.74, 6) is -4.81. The molecule has 2 N–H and O–H groups in total. The van der Waals surface area contributed by atoms with Crippen molar-refractivity contribution in [3.8, 4) is 11.3 Å². The van der Waals surface area contributed by atoms with Crippen molar-refractivity contribution in [1.29, 1.82) is 10.8 Å². The number of pyridine rings is 2. The fourth-order valence-electron chi connectivity index (χ4n) is 2.85. The molecular formula is C20H13ClF2N6. The molecule has 0 unspecified atom stereocenters. The lowest BCUT2D eigenvalue weighted by Gasteiger charge is -2.19. The van der Waals surface area contributed by atoms with E-state index in [-0.39, 0.29) is 21.9 Å². The molecule has 0 spiro atoms. The number of aromatic nitrogens is 4. The maximum Gasteiger partial charge on any atom is 0.331 e. The molecule has 0 saturated carbocycles. The van der Waals surface area contributed by atoms with Gasteiger partial charge in [-0.3, -0.25) is 15.8 Å². The molecule has 1 aromatic carbocycles. The van der Waals surface area contributed by atoms with Crippen molar-refractivity contribution in [3.63, 3.8) is 0 Å². The molecule has 144 valence electrons. The first-order chi connectivity index (χ1) is 13.9. The summed E-state index contributed by atoms with van der Waals surface area (Å²) in [6.45, 7) is 0. The summed E-state index contributed by atoms with van der Waals surface area (Å²) < 4.78 is 30.9. The van der Waals surface area contributed by atoms with Crippen molar-refractivity contribution in [3.05, 3.63) is 83.2 Å². The van der Waals surface area contributed by atoms with Crippen LogP contribution in [0.5, 0.6) is 0 Å². The van der Waals surface area contributed by atoms with Crippen LogP contribution in [0.25, 0.3) is 22.2 Å². The molecule has 9 heteroatoms. The van der Waals surface area contributed by atoms with Gasteiger partial charge in [0, 0.05) is 28.9 Å². The van der Waals surface area contributed by atoms with Crippen LogP contribution in [-0.4, -0.2) is 25.6 Å². The van der Waals surface area contributed by atoms with Gasteiger partial charge in [0.05, 0.1) is 11.2 Å². The first kappa shape index (κ1) is 18.8. The van der Waals surface area contributed by atoms with Crippen molar-refractivity contribution in [2.45, 2.75) is 5.92 Å². The fraction of sp³-hybridized carbons (Fsp3) is 0.0500. The normalized spacial score (nSPS) is 11.6. The van der Waals surface area contributed by atoms with E-state index in [1.807, 2.05) is 0 Å². The summed E-state index contributed by atoms with van der Waals surface area (Å²) in [4.78, 5) is 7.98. The second-order valence-electron chi connectivity index (χ2n) is 6.22. The molecule has 4 rings (SSSR count). The summed E-state index contributed by atoms with van der Waals surface area (Å²) in [7, 11) is 0. The number of alkyl halides is 2. The molecule has 0 fully saturated rings. The molecule has 0 atom stereocenters. The van der Waals surface area contributed by atoms with Crippen LogP contribution < -0.4 is 5.49 Å². The molecular weight excluding hydrogens is 398 g/mol. The third kappa shape index (κ3) is 3.50. The zero-order valence-electron chi connectivity index (χ0n) is 14.8. The van der Waals surface area contributed by atoms with Crippen LogP contribution in [-0.2, 0) is 5.92 Å². The predicted octanol–water partition coefficient (Wildman–Crippen LogP) is 4.24. The Morgan fingerprint density at radius 2 is 1.83 bits per heavy atom. The molecule has 0 amide bonds. The Hall–Kier alpha value is -3.52. The van der Waals surface area contributed by atoms with Crippen molar-refractivity contribution in [2.24, 2.45) is 0 Å². The maximum atomic E-state index is 15.1. The van der Waals surface area contributed by atoms with Crippen LogP contribution in [0.4, 0.5) is 8.78 Å². The van der Waals surface area contributed by atoms with Crippen LogP contribution in [0.1, 0.15) is 5.56 Å². The number of nitrogens with one attached hydrogen (secondary N) is 2. The number of hydrogen-bond acceptors (Lipinski definition) is 5. The van der Waals surface area contributed by atoms with Gasteiger partial charge in [-0.25, -0.2) is 4.98 Å². The summed E-state index contributed by atoms with van der Waals surface area (Å²) in [6.07, 6.45) is 3.03. The summed E-state index contributed by atoms with van der Waals surface area (Å²) in [5, 5.41) is 20.9. The van der Waals surface area contributed by atoms with E-state index in [1.54, 1.807) is 24.4 Å². The lowest BCUT2D eigenvalue weighted by atomic mass is 10.0. The third-order valence-electron chi connectivity index (χ3n) is 4.33. The highest BCUT2D eigenvalue weighted by Gasteiger charge is 2.39. The predicted molar refractivity (Wildman–Crippen MR) is 105 cm³/mol. The molecule has 0 aliphatic carbocycles. The van der Waals surface area contributed by atoms with Gasteiger partial charge >= 0.3 is 5.92 Å². The average Bonchev–Trinajstić information content (AvgIpc) is 2.73. The van der Waals surface area contributed by atoms with Crippen molar-refractivity contribution >= 4 is 28.3 Å². The second-order valence-corrected chi connectivity index (χ2v) is 6.60. The highest BCUT2D eigenvalue weighted by molar-refractivity contribution is 6.29. The number of nitrogens with zero attached hydrogens (tertiary/aromatic N) is 4. The minimum atomic E-state index is -3.67. The molecule has 6 nitrogen and oxygen atoms in total. The summed E-state index contributed by atoms with van der Waals surface area (Å²) in [6, 6.07) is 13.2. The van der Waals surface area contributed by atoms with Crippen molar-refractivity contribution in [2.75, 3.05) is 0 Å². The first-order valence-corrected chi connectivity index (χ1v) is 8.83. The Kier molecular flexibility index (Phi) is 4.63. The first-order valence-electron chi connectivity index (χ1n) is 8.45. The van der Waals surface area contributed by atoms with E-state index < -0.39 is 11.8 Å². The van der Waals surface area contributed by atoms with E-state index in [0.29, 0.717) is 21.1 Å². The van der Waals surface area contributed by atoms with Crippen LogP contribution in [0.15, 0.2) is 67.0 Å². The Balaban J connectivity index is 1.78. The van der Waals surface area contributed by atoms with Gasteiger partial charge in [-0.05, 0) is 42.5 Å². The lowest BCUT2D eigenvalue weighted by molar-refractivity contribution is 0.0697. The van der Waals surface area contributed by atoms with Crippen LogP contribution in [0.3, 0.4) is 0 Å². The maximum absolute atomic E-state index is 15.1. The number of fused-ring (bicyclic) bond motifs is 1. The topological polar surface area (TPSA) is 91.3 Å².